The van der Waals surface area contributed by atoms with E-state index in [9.17, 15) is 4.39 Å². The molecule has 0 bridgehead atoms. The summed E-state index contributed by atoms with van der Waals surface area (Å²) in [5, 5.41) is 4.07. The van der Waals surface area contributed by atoms with Crippen molar-refractivity contribution in [1.82, 2.24) is 8.75 Å². The average molecular weight is 328 g/mol. The second-order valence-corrected chi connectivity index (χ2v) is 5.56. The van der Waals surface area contributed by atoms with Crippen LogP contribution in [0.3, 0.4) is 0 Å². The fourth-order valence-electron chi connectivity index (χ4n) is 1.90. The van der Waals surface area contributed by atoms with Gasteiger partial charge in [0.2, 0.25) is 0 Å². The fourth-order valence-corrected chi connectivity index (χ4v) is 2.90. The van der Waals surface area contributed by atoms with Crippen LogP contribution in [0.2, 0.25) is 10.0 Å². The monoisotopic (exact) mass is 327 g/mol. The number of anilines is 1. The van der Waals surface area contributed by atoms with Gasteiger partial charge in [-0.25, -0.2) is 4.39 Å². The second-order valence-electron chi connectivity index (χ2n) is 4.19. The quantitative estimate of drug-likeness (QED) is 0.754. The summed E-state index contributed by atoms with van der Waals surface area (Å²) in [5.74, 6) is -0.367. The molecule has 3 aromatic rings. The Balaban J connectivity index is 1.90. The third-order valence-electron chi connectivity index (χ3n) is 2.77. The molecule has 2 aromatic carbocycles. The highest BCUT2D eigenvalue weighted by Gasteiger charge is 2.10. The molecule has 3 rings (SSSR count). The number of rotatable bonds is 3. The van der Waals surface area contributed by atoms with Crippen LogP contribution in [0.5, 0.6) is 0 Å². The Kier molecular flexibility index (Phi) is 3.74. The molecule has 0 aliphatic carbocycles. The predicted molar refractivity (Wildman–Crippen MR) is 81.2 cm³/mol. The summed E-state index contributed by atoms with van der Waals surface area (Å²) < 4.78 is 21.6. The molecular formula is C13H8Cl2FN3S. The number of hydrogen-bond acceptors (Lipinski definition) is 4. The van der Waals surface area contributed by atoms with Crippen molar-refractivity contribution in [3.05, 3.63) is 51.8 Å². The molecule has 0 saturated carbocycles. The van der Waals surface area contributed by atoms with Crippen molar-refractivity contribution in [1.29, 1.82) is 0 Å². The van der Waals surface area contributed by atoms with Gasteiger partial charge in [-0.3, -0.25) is 0 Å². The fraction of sp³-hybridized carbons (Fsp3) is 0.0769. The zero-order chi connectivity index (χ0) is 14.1. The van der Waals surface area contributed by atoms with Crippen LogP contribution in [0, 0.1) is 5.82 Å². The maximum atomic E-state index is 13.3. The minimum Gasteiger partial charge on any atom is -0.378 e. The molecular weight excluding hydrogens is 320 g/mol. The van der Waals surface area contributed by atoms with E-state index >= 15 is 0 Å². The van der Waals surface area contributed by atoms with Gasteiger partial charge >= 0.3 is 0 Å². The van der Waals surface area contributed by atoms with Crippen molar-refractivity contribution in [3.63, 3.8) is 0 Å². The number of hydrogen-bond donors (Lipinski definition) is 1. The van der Waals surface area contributed by atoms with Gasteiger partial charge in [0.25, 0.3) is 0 Å². The molecule has 0 saturated heterocycles. The van der Waals surface area contributed by atoms with Crippen LogP contribution >= 0.6 is 34.9 Å². The van der Waals surface area contributed by atoms with E-state index in [4.69, 9.17) is 23.2 Å². The highest BCUT2D eigenvalue weighted by Crippen LogP contribution is 2.30. The van der Waals surface area contributed by atoms with Crippen LogP contribution in [0.25, 0.3) is 11.0 Å². The van der Waals surface area contributed by atoms with Gasteiger partial charge in [-0.1, -0.05) is 23.2 Å². The molecule has 0 aliphatic rings. The average Bonchev–Trinajstić information content (AvgIpc) is 2.85. The summed E-state index contributed by atoms with van der Waals surface area (Å²) in [6.45, 7) is 0.397. The summed E-state index contributed by atoms with van der Waals surface area (Å²) in [6.07, 6.45) is 0. The first kappa shape index (κ1) is 13.5. The largest absolute Gasteiger partial charge is 0.378 e. The molecule has 1 heterocycles. The Hall–Kier alpha value is -1.43. The van der Waals surface area contributed by atoms with E-state index in [-0.39, 0.29) is 5.82 Å². The summed E-state index contributed by atoms with van der Waals surface area (Å²) in [7, 11) is 0. The summed E-state index contributed by atoms with van der Waals surface area (Å²) in [4.78, 5) is 0. The van der Waals surface area contributed by atoms with Crippen molar-refractivity contribution in [2.24, 2.45) is 0 Å². The van der Waals surface area contributed by atoms with E-state index in [1.165, 1.54) is 12.1 Å². The van der Waals surface area contributed by atoms with Crippen LogP contribution in [0.1, 0.15) is 5.56 Å². The molecule has 1 N–H and O–H groups in total. The molecule has 1 aromatic heterocycles. The van der Waals surface area contributed by atoms with Crippen LogP contribution in [0.4, 0.5) is 10.1 Å². The molecule has 0 fully saturated rings. The molecule has 0 aliphatic heterocycles. The number of nitrogens with zero attached hydrogens (tertiary/aromatic N) is 2. The lowest BCUT2D eigenvalue weighted by atomic mass is 10.2. The van der Waals surface area contributed by atoms with Gasteiger partial charge in [0.15, 0.2) is 0 Å². The van der Waals surface area contributed by atoms with Gasteiger partial charge in [-0.2, -0.15) is 8.75 Å². The normalized spacial score (nSPS) is 10.9. The SMILES string of the molecule is Fc1cc(Cl)cc(CNc2c(Cl)ccc3nsnc23)c1. The third kappa shape index (κ3) is 2.70. The molecule has 0 atom stereocenters. The number of halogens is 3. The minimum absolute atomic E-state index is 0.362. The van der Waals surface area contributed by atoms with E-state index in [0.29, 0.717) is 27.8 Å². The zero-order valence-corrected chi connectivity index (χ0v) is 12.4. The van der Waals surface area contributed by atoms with Crippen molar-refractivity contribution in [2.45, 2.75) is 6.54 Å². The lowest BCUT2D eigenvalue weighted by molar-refractivity contribution is 0.626. The maximum absolute atomic E-state index is 13.3. The second kappa shape index (κ2) is 5.52. The standard InChI is InChI=1S/C13H8Cl2FN3S/c14-8-3-7(4-9(16)5-8)6-17-12-10(15)1-2-11-13(12)19-20-18-11/h1-5,17H,6H2. The lowest BCUT2D eigenvalue weighted by Crippen LogP contribution is -2.01. The number of nitrogens with one attached hydrogen (secondary N) is 1. The lowest BCUT2D eigenvalue weighted by Gasteiger charge is -2.09. The summed E-state index contributed by atoms with van der Waals surface area (Å²) in [6, 6.07) is 7.96. The van der Waals surface area contributed by atoms with E-state index in [1.807, 2.05) is 6.07 Å². The Morgan fingerprint density at radius 1 is 1.15 bits per heavy atom. The Morgan fingerprint density at radius 2 is 2.00 bits per heavy atom. The van der Waals surface area contributed by atoms with Gasteiger partial charge < -0.3 is 5.32 Å². The van der Waals surface area contributed by atoms with Gasteiger partial charge in [0.1, 0.15) is 16.9 Å². The van der Waals surface area contributed by atoms with Crippen molar-refractivity contribution in [3.8, 4) is 0 Å². The first-order valence-corrected chi connectivity index (χ1v) is 7.22. The molecule has 0 spiro atoms. The molecule has 7 heteroatoms. The molecule has 0 unspecified atom stereocenters. The number of fused-ring (bicyclic) bond motifs is 1. The van der Waals surface area contributed by atoms with Crippen LogP contribution in [-0.4, -0.2) is 8.75 Å². The molecule has 0 radical (unpaired) electrons. The zero-order valence-electron chi connectivity index (χ0n) is 10.0. The molecule has 0 amide bonds. The van der Waals surface area contributed by atoms with Gasteiger partial charge in [0.05, 0.1) is 22.4 Å². The Labute approximate surface area is 128 Å². The topological polar surface area (TPSA) is 37.8 Å². The van der Waals surface area contributed by atoms with E-state index in [1.54, 1.807) is 12.1 Å². The minimum atomic E-state index is -0.367. The predicted octanol–water partition coefficient (Wildman–Crippen LogP) is 4.75. The van der Waals surface area contributed by atoms with E-state index in [2.05, 4.69) is 14.1 Å². The molecule has 102 valence electrons. The Bertz CT molecular complexity index is 755. The van der Waals surface area contributed by atoms with E-state index in [0.717, 1.165) is 22.8 Å². The highest BCUT2D eigenvalue weighted by atomic mass is 35.5. The summed E-state index contributed by atoms with van der Waals surface area (Å²) >= 11 is 13.1. The van der Waals surface area contributed by atoms with Gasteiger partial charge in [-0.15, -0.1) is 0 Å². The smallest absolute Gasteiger partial charge is 0.129 e. The molecule has 3 nitrogen and oxygen atoms in total. The van der Waals surface area contributed by atoms with Crippen LogP contribution in [0.15, 0.2) is 30.3 Å². The summed E-state index contributed by atoms with van der Waals surface area (Å²) in [5.41, 5.74) is 2.91. The first-order valence-electron chi connectivity index (χ1n) is 5.73. The third-order valence-corrected chi connectivity index (χ3v) is 3.84. The van der Waals surface area contributed by atoms with Gasteiger partial charge in [0, 0.05) is 11.6 Å². The number of benzene rings is 2. The van der Waals surface area contributed by atoms with Gasteiger partial charge in [-0.05, 0) is 35.9 Å². The van der Waals surface area contributed by atoms with Crippen molar-refractivity contribution >= 4 is 51.7 Å². The van der Waals surface area contributed by atoms with Crippen LogP contribution < -0.4 is 5.32 Å². The number of aromatic nitrogens is 2. The van der Waals surface area contributed by atoms with Crippen LogP contribution in [-0.2, 0) is 6.54 Å². The Morgan fingerprint density at radius 3 is 2.80 bits per heavy atom. The first-order chi connectivity index (χ1) is 9.63. The van der Waals surface area contributed by atoms with E-state index < -0.39 is 0 Å². The highest BCUT2D eigenvalue weighted by molar-refractivity contribution is 7.00. The van der Waals surface area contributed by atoms with Crippen molar-refractivity contribution < 1.29 is 4.39 Å². The molecule has 20 heavy (non-hydrogen) atoms. The van der Waals surface area contributed by atoms with Crippen molar-refractivity contribution in [2.75, 3.05) is 5.32 Å². The maximum Gasteiger partial charge on any atom is 0.129 e.